The first kappa shape index (κ1) is 15.9. The molecule has 1 N–H and O–H groups in total. The van der Waals surface area contributed by atoms with Gasteiger partial charge in [0.15, 0.2) is 5.78 Å². The summed E-state index contributed by atoms with van der Waals surface area (Å²) in [6.07, 6.45) is 3.84. The summed E-state index contributed by atoms with van der Waals surface area (Å²) in [4.78, 5) is 31.1. The molecule has 6 heteroatoms. The van der Waals surface area contributed by atoms with E-state index >= 15 is 0 Å². The van der Waals surface area contributed by atoms with Crippen LogP contribution in [-0.4, -0.2) is 59.3 Å². The van der Waals surface area contributed by atoms with Crippen LogP contribution in [0.15, 0.2) is 24.3 Å². The summed E-state index contributed by atoms with van der Waals surface area (Å²) >= 11 is 0. The van der Waals surface area contributed by atoms with Crippen LogP contribution in [0, 0.1) is 11.3 Å². The van der Waals surface area contributed by atoms with Crippen LogP contribution >= 0.6 is 0 Å². The molecule has 0 radical (unpaired) electrons. The highest BCUT2D eigenvalue weighted by Crippen LogP contribution is 2.81. The van der Waals surface area contributed by atoms with Gasteiger partial charge in [-0.1, -0.05) is 18.2 Å². The Morgan fingerprint density at radius 3 is 2.89 bits per heavy atom. The second-order valence-corrected chi connectivity index (χ2v) is 9.87. The van der Waals surface area contributed by atoms with Gasteiger partial charge in [0.2, 0.25) is 0 Å². The molecule has 4 saturated carbocycles. The Bertz CT molecular complexity index is 979. The quantitative estimate of drug-likeness (QED) is 0.744. The van der Waals surface area contributed by atoms with Crippen molar-refractivity contribution in [3.05, 3.63) is 29.8 Å². The van der Waals surface area contributed by atoms with E-state index in [0.717, 1.165) is 37.1 Å². The lowest BCUT2D eigenvalue weighted by atomic mass is 9.40. The summed E-state index contributed by atoms with van der Waals surface area (Å²) in [5.74, 6) is -0.287. The van der Waals surface area contributed by atoms with Crippen molar-refractivity contribution in [2.75, 3.05) is 25.1 Å². The number of ether oxygens (including phenoxy) is 1. The molecule has 3 aliphatic heterocycles. The van der Waals surface area contributed by atoms with E-state index in [2.05, 4.69) is 11.0 Å². The Morgan fingerprint density at radius 2 is 2.07 bits per heavy atom. The Labute approximate surface area is 163 Å². The minimum absolute atomic E-state index is 0.0328. The Kier molecular flexibility index (Phi) is 2.45. The Hall–Kier alpha value is -1.92. The van der Waals surface area contributed by atoms with Crippen molar-refractivity contribution in [2.24, 2.45) is 11.3 Å². The molecule has 8 rings (SSSR count). The largest absolute Gasteiger partial charge is 0.452 e. The van der Waals surface area contributed by atoms with Gasteiger partial charge < -0.3 is 9.84 Å². The number of rotatable bonds is 0. The van der Waals surface area contributed by atoms with E-state index in [4.69, 9.17) is 4.74 Å². The number of ketones is 1. The summed E-state index contributed by atoms with van der Waals surface area (Å²) in [7, 11) is 1.39. The average Bonchev–Trinajstić information content (AvgIpc) is 3.23. The van der Waals surface area contributed by atoms with E-state index in [9.17, 15) is 14.7 Å². The lowest BCUT2D eigenvalue weighted by molar-refractivity contribution is -0.194. The number of benzene rings is 1. The van der Waals surface area contributed by atoms with Crippen molar-refractivity contribution in [1.29, 1.82) is 0 Å². The van der Waals surface area contributed by atoms with Crippen LogP contribution in [0.4, 0.5) is 10.5 Å². The first-order chi connectivity index (χ1) is 13.5. The van der Waals surface area contributed by atoms with Crippen LogP contribution in [0.2, 0.25) is 0 Å². The van der Waals surface area contributed by atoms with Crippen LogP contribution in [0.25, 0.3) is 0 Å². The fourth-order valence-electron chi connectivity index (χ4n) is 9.19. The third-order valence-electron chi connectivity index (χ3n) is 9.48. The number of methoxy groups -OCH3 is 1. The number of Topliss-reactive ketones (excluding diaryl/α,β-unsaturated/α-hetero) is 1. The molecule has 1 amide bonds. The normalized spacial score (nSPS) is 49.4. The molecular weight excluding hydrogens is 356 g/mol. The predicted octanol–water partition coefficient (Wildman–Crippen LogP) is 1.84. The number of nitrogens with zero attached hydrogens (tertiary/aromatic N) is 2. The maximum atomic E-state index is 13.8. The number of amides is 1. The smallest absolute Gasteiger partial charge is 0.414 e. The summed E-state index contributed by atoms with van der Waals surface area (Å²) < 4.78 is 5.22. The summed E-state index contributed by atoms with van der Waals surface area (Å²) in [5.41, 5.74) is -1.04. The van der Waals surface area contributed by atoms with E-state index in [1.165, 1.54) is 7.11 Å². The molecule has 1 aromatic carbocycles. The molecule has 4 aliphatic carbocycles. The van der Waals surface area contributed by atoms with Gasteiger partial charge in [-0.15, -0.1) is 0 Å². The number of hydrogen-bond donors (Lipinski definition) is 1. The van der Waals surface area contributed by atoms with Crippen molar-refractivity contribution in [2.45, 2.75) is 54.7 Å². The van der Waals surface area contributed by atoms with Gasteiger partial charge in [0.1, 0.15) is 5.60 Å². The molecule has 2 saturated heterocycles. The second-order valence-electron chi connectivity index (χ2n) is 9.87. The van der Waals surface area contributed by atoms with Crippen molar-refractivity contribution in [1.82, 2.24) is 4.90 Å². The van der Waals surface area contributed by atoms with Crippen LogP contribution < -0.4 is 4.90 Å². The van der Waals surface area contributed by atoms with Gasteiger partial charge in [0, 0.05) is 18.5 Å². The van der Waals surface area contributed by atoms with Crippen molar-refractivity contribution < 1.29 is 19.4 Å². The number of carbonyl (C=O) groups is 2. The molecule has 0 unspecified atom stereocenters. The zero-order chi connectivity index (χ0) is 19.1. The van der Waals surface area contributed by atoms with Gasteiger partial charge in [-0.2, -0.15) is 0 Å². The topological polar surface area (TPSA) is 70.1 Å². The Balaban J connectivity index is 1.65. The first-order valence-corrected chi connectivity index (χ1v) is 10.5. The molecule has 6 atom stereocenters. The second kappa shape index (κ2) is 4.31. The van der Waals surface area contributed by atoms with Gasteiger partial charge >= 0.3 is 6.09 Å². The Morgan fingerprint density at radius 1 is 1.25 bits per heavy atom. The molecular formula is C22H24N2O4. The van der Waals surface area contributed by atoms with Crippen LogP contribution in [0.3, 0.4) is 0 Å². The van der Waals surface area contributed by atoms with E-state index < -0.39 is 22.6 Å². The van der Waals surface area contributed by atoms with Crippen LogP contribution in [0.1, 0.15) is 37.7 Å². The van der Waals surface area contributed by atoms with E-state index in [0.29, 0.717) is 19.4 Å². The first-order valence-electron chi connectivity index (χ1n) is 10.5. The summed E-state index contributed by atoms with van der Waals surface area (Å²) in [6.45, 7) is 1.71. The molecule has 3 heterocycles. The molecule has 1 aromatic rings. The van der Waals surface area contributed by atoms with Gasteiger partial charge in [-0.05, 0) is 55.7 Å². The van der Waals surface area contributed by atoms with Crippen LogP contribution in [0.5, 0.6) is 0 Å². The van der Waals surface area contributed by atoms with E-state index in [1.54, 1.807) is 4.90 Å². The summed E-state index contributed by atoms with van der Waals surface area (Å²) in [5, 5.41) is 12.1. The SMILES string of the molecule is COC(=O)N1c2ccccc2[C@@]23[C@@H]4N5CCC[C@]46CC[C@]12[C@](O)(C6)C(=O)[C@@H]3C5. The van der Waals surface area contributed by atoms with Gasteiger partial charge in [-0.3, -0.25) is 14.6 Å². The van der Waals surface area contributed by atoms with Crippen molar-refractivity contribution in [3.63, 3.8) is 0 Å². The minimum atomic E-state index is -1.48. The number of hydrogen-bond acceptors (Lipinski definition) is 5. The van der Waals surface area contributed by atoms with Crippen molar-refractivity contribution in [3.8, 4) is 0 Å². The number of carbonyl (C=O) groups excluding carboxylic acids is 2. The van der Waals surface area contributed by atoms with E-state index in [-0.39, 0.29) is 23.2 Å². The zero-order valence-corrected chi connectivity index (χ0v) is 16.0. The minimum Gasteiger partial charge on any atom is -0.452 e. The predicted molar refractivity (Wildman–Crippen MR) is 100 cm³/mol. The lowest BCUT2D eigenvalue weighted by Gasteiger charge is -2.69. The van der Waals surface area contributed by atoms with Gasteiger partial charge in [-0.25, -0.2) is 4.79 Å². The molecule has 0 aromatic heterocycles. The fraction of sp³-hybridized carbons (Fsp3) is 0.636. The number of piperidine rings is 1. The fourth-order valence-corrected chi connectivity index (χ4v) is 9.19. The van der Waals surface area contributed by atoms with Gasteiger partial charge in [0.05, 0.1) is 23.8 Å². The summed E-state index contributed by atoms with van der Waals surface area (Å²) in [6, 6.07) is 8.22. The third-order valence-corrected chi connectivity index (χ3v) is 9.48. The maximum absolute atomic E-state index is 13.8. The maximum Gasteiger partial charge on any atom is 0.414 e. The van der Waals surface area contributed by atoms with Crippen LogP contribution in [-0.2, 0) is 14.9 Å². The van der Waals surface area contributed by atoms with Crippen molar-refractivity contribution >= 4 is 17.6 Å². The molecule has 6 fully saturated rings. The molecule has 7 aliphatic rings. The number of fused-ring (bicyclic) bond motifs is 2. The monoisotopic (exact) mass is 380 g/mol. The molecule has 3 spiro atoms. The number of para-hydroxylation sites is 1. The molecule has 28 heavy (non-hydrogen) atoms. The molecule has 4 bridgehead atoms. The molecule has 146 valence electrons. The zero-order valence-electron chi connectivity index (χ0n) is 16.0. The number of aliphatic hydroxyl groups is 1. The standard InChI is InChI=1S/C22H24N2O4/c1-28-18(26)24-15-6-3-2-5-13(15)22-14-11-23-10-4-7-19(17(22)23)8-9-21(22,24)20(27,12-19)16(14)25/h2-3,5-6,14,17,27H,4,7-12H2,1H3/t14-,17+,19+,20-,21+,22+/m0/s1. The average molecular weight is 380 g/mol. The number of anilines is 1. The lowest BCUT2D eigenvalue weighted by Crippen LogP contribution is -2.82. The third kappa shape index (κ3) is 1.16. The highest BCUT2D eigenvalue weighted by molar-refractivity contribution is 6.07. The highest BCUT2D eigenvalue weighted by atomic mass is 16.5. The highest BCUT2D eigenvalue weighted by Gasteiger charge is 2.93. The molecule has 6 nitrogen and oxygen atoms in total. The van der Waals surface area contributed by atoms with E-state index in [1.807, 2.05) is 18.2 Å². The van der Waals surface area contributed by atoms with Gasteiger partial charge in [0.25, 0.3) is 0 Å².